The van der Waals surface area contributed by atoms with E-state index < -0.39 is 0 Å². The Kier molecular flexibility index (Phi) is 5.52. The monoisotopic (exact) mass is 354 g/mol. The van der Waals surface area contributed by atoms with Crippen LogP contribution in [0, 0.1) is 13.8 Å². The summed E-state index contributed by atoms with van der Waals surface area (Å²) in [6.07, 6.45) is 1.43. The number of aliphatic imine (C=N–C) groups is 1. The zero-order valence-corrected chi connectivity index (χ0v) is 15.9. The number of fused-ring (bicyclic) bond motifs is 1. The molecule has 1 aliphatic rings. The number of anilines is 1. The molecule has 0 saturated carbocycles. The topological polar surface area (TPSA) is 61.9 Å². The first kappa shape index (κ1) is 18.3. The normalized spacial score (nSPS) is 16.9. The predicted octanol–water partition coefficient (Wildman–Crippen LogP) is 3.14. The lowest BCUT2D eigenvalue weighted by molar-refractivity contribution is -0.112. The van der Waals surface area contributed by atoms with Crippen molar-refractivity contribution in [1.29, 1.82) is 0 Å². The fourth-order valence-electron chi connectivity index (χ4n) is 3.41. The summed E-state index contributed by atoms with van der Waals surface area (Å²) in [5.74, 6) is 0.526. The van der Waals surface area contributed by atoms with E-state index in [4.69, 9.17) is 4.52 Å². The van der Waals surface area contributed by atoms with Crippen molar-refractivity contribution in [2.45, 2.75) is 33.7 Å². The molecule has 0 spiro atoms. The molecular weight excluding hydrogens is 328 g/mol. The predicted molar refractivity (Wildman–Crippen MR) is 103 cm³/mol. The molecule has 1 aromatic carbocycles. The molecule has 2 heterocycles. The Morgan fingerprint density at radius 2 is 1.92 bits per heavy atom. The number of carbonyl (C=O) groups is 1. The van der Waals surface area contributed by atoms with Gasteiger partial charge in [-0.25, -0.2) is 0 Å². The molecule has 0 fully saturated rings. The van der Waals surface area contributed by atoms with E-state index >= 15 is 0 Å². The maximum absolute atomic E-state index is 12.8. The van der Waals surface area contributed by atoms with Gasteiger partial charge in [-0.15, -0.1) is 0 Å². The summed E-state index contributed by atoms with van der Waals surface area (Å²) in [6, 6.07) is 7.72. The fraction of sp³-hybridized carbons (Fsp3) is 0.450. The second-order valence-electron chi connectivity index (χ2n) is 6.53. The van der Waals surface area contributed by atoms with E-state index in [1.165, 1.54) is 6.21 Å². The molecule has 138 valence electrons. The zero-order chi connectivity index (χ0) is 18.7. The van der Waals surface area contributed by atoms with E-state index in [-0.39, 0.29) is 11.9 Å². The number of carbonyl (C=O) groups excluding carboxylic acids is 1. The van der Waals surface area contributed by atoms with Gasteiger partial charge in [0.05, 0.1) is 6.21 Å². The van der Waals surface area contributed by atoms with Crippen molar-refractivity contribution in [2.75, 3.05) is 31.1 Å². The summed E-state index contributed by atoms with van der Waals surface area (Å²) in [4.78, 5) is 21.4. The number of aromatic nitrogens is 1. The molecule has 0 N–H and O–H groups in total. The largest absolute Gasteiger partial charge is 0.359 e. The SMILES string of the molecule is CCN(CC)CCN1C(=O)C=NC(c2ccccc2C)c2noc(C)c21. The highest BCUT2D eigenvalue weighted by Crippen LogP contribution is 2.37. The molecule has 0 bridgehead atoms. The zero-order valence-electron chi connectivity index (χ0n) is 15.9. The van der Waals surface area contributed by atoms with Gasteiger partial charge in [0.1, 0.15) is 17.4 Å². The number of amides is 1. The van der Waals surface area contributed by atoms with Crippen molar-refractivity contribution >= 4 is 17.8 Å². The van der Waals surface area contributed by atoms with Crippen LogP contribution in [-0.2, 0) is 4.79 Å². The molecule has 0 radical (unpaired) electrons. The molecule has 1 unspecified atom stereocenters. The van der Waals surface area contributed by atoms with Gasteiger partial charge < -0.3 is 14.3 Å². The minimum atomic E-state index is -0.328. The van der Waals surface area contributed by atoms with Gasteiger partial charge in [-0.1, -0.05) is 43.3 Å². The van der Waals surface area contributed by atoms with E-state index in [1.807, 2.05) is 38.1 Å². The van der Waals surface area contributed by atoms with E-state index in [0.717, 1.165) is 36.4 Å². The van der Waals surface area contributed by atoms with Crippen LogP contribution in [0.4, 0.5) is 5.69 Å². The average Bonchev–Trinajstić information content (AvgIpc) is 2.95. The van der Waals surface area contributed by atoms with E-state index in [0.29, 0.717) is 18.0 Å². The van der Waals surface area contributed by atoms with Crippen LogP contribution in [0.2, 0.25) is 0 Å². The van der Waals surface area contributed by atoms with E-state index in [2.05, 4.69) is 28.9 Å². The van der Waals surface area contributed by atoms with Gasteiger partial charge in [-0.3, -0.25) is 9.79 Å². The van der Waals surface area contributed by atoms with Gasteiger partial charge in [0.2, 0.25) is 0 Å². The van der Waals surface area contributed by atoms with Crippen molar-refractivity contribution < 1.29 is 9.32 Å². The minimum absolute atomic E-state index is 0.124. The van der Waals surface area contributed by atoms with Gasteiger partial charge in [0.25, 0.3) is 5.91 Å². The Morgan fingerprint density at radius 3 is 2.62 bits per heavy atom. The van der Waals surface area contributed by atoms with Crippen LogP contribution in [0.15, 0.2) is 33.8 Å². The number of rotatable bonds is 6. The molecule has 1 atom stereocenters. The molecule has 3 rings (SSSR count). The lowest BCUT2D eigenvalue weighted by Gasteiger charge is -2.25. The van der Waals surface area contributed by atoms with Gasteiger partial charge in [-0.2, -0.15) is 0 Å². The van der Waals surface area contributed by atoms with Crippen LogP contribution < -0.4 is 4.90 Å². The Morgan fingerprint density at radius 1 is 1.19 bits per heavy atom. The first-order valence-electron chi connectivity index (χ1n) is 9.15. The number of hydrogen-bond donors (Lipinski definition) is 0. The highest BCUT2D eigenvalue weighted by molar-refractivity contribution is 6.33. The fourth-order valence-corrected chi connectivity index (χ4v) is 3.41. The van der Waals surface area contributed by atoms with Gasteiger partial charge in [-0.05, 0) is 38.1 Å². The third-order valence-electron chi connectivity index (χ3n) is 5.00. The molecular formula is C20H26N4O2. The molecule has 2 aromatic rings. The summed E-state index contributed by atoms with van der Waals surface area (Å²) >= 11 is 0. The van der Waals surface area contributed by atoms with Gasteiger partial charge in [0, 0.05) is 13.1 Å². The molecule has 6 heteroatoms. The van der Waals surface area contributed by atoms with Crippen molar-refractivity contribution in [3.8, 4) is 0 Å². The standard InChI is InChI=1S/C20H26N4O2/c1-5-23(6-2)11-12-24-17(25)13-21-18(16-10-8-7-9-14(16)3)19-20(24)15(4)26-22-19/h7-10,13,18H,5-6,11-12H2,1-4H3. The Balaban J connectivity index is 2.00. The molecule has 1 aromatic heterocycles. The quantitative estimate of drug-likeness (QED) is 0.799. The molecule has 1 amide bonds. The van der Waals surface area contributed by atoms with Crippen LogP contribution in [-0.4, -0.2) is 48.4 Å². The number of benzene rings is 1. The number of aryl methyl sites for hydroxylation is 2. The van der Waals surface area contributed by atoms with Crippen molar-refractivity contribution in [3.05, 3.63) is 46.8 Å². The van der Waals surface area contributed by atoms with Crippen LogP contribution in [0.25, 0.3) is 0 Å². The number of nitrogens with zero attached hydrogens (tertiary/aromatic N) is 4. The van der Waals surface area contributed by atoms with Crippen molar-refractivity contribution in [3.63, 3.8) is 0 Å². The lowest BCUT2D eigenvalue weighted by Crippen LogP contribution is -2.39. The summed E-state index contributed by atoms with van der Waals surface area (Å²) in [7, 11) is 0. The first-order valence-corrected chi connectivity index (χ1v) is 9.15. The molecule has 0 aliphatic carbocycles. The van der Waals surface area contributed by atoms with Crippen molar-refractivity contribution in [1.82, 2.24) is 10.1 Å². The summed E-state index contributed by atoms with van der Waals surface area (Å²) < 4.78 is 5.47. The minimum Gasteiger partial charge on any atom is -0.359 e. The molecule has 0 saturated heterocycles. The van der Waals surface area contributed by atoms with Crippen LogP contribution in [0.3, 0.4) is 0 Å². The van der Waals surface area contributed by atoms with E-state index in [1.54, 1.807) is 4.90 Å². The Bertz CT molecular complexity index is 808. The number of hydrogen-bond acceptors (Lipinski definition) is 5. The van der Waals surface area contributed by atoms with Crippen LogP contribution >= 0.6 is 0 Å². The first-order chi connectivity index (χ1) is 12.6. The highest BCUT2D eigenvalue weighted by Gasteiger charge is 2.32. The van der Waals surface area contributed by atoms with Crippen LogP contribution in [0.1, 0.15) is 42.5 Å². The van der Waals surface area contributed by atoms with E-state index in [9.17, 15) is 4.79 Å². The maximum Gasteiger partial charge on any atom is 0.269 e. The Labute approximate surface area is 154 Å². The maximum atomic E-state index is 12.8. The van der Waals surface area contributed by atoms with Crippen LogP contribution in [0.5, 0.6) is 0 Å². The Hall–Kier alpha value is -2.47. The average molecular weight is 354 g/mol. The van der Waals surface area contributed by atoms with Gasteiger partial charge in [0.15, 0.2) is 5.76 Å². The highest BCUT2D eigenvalue weighted by atomic mass is 16.5. The lowest BCUT2D eigenvalue weighted by atomic mass is 9.98. The second-order valence-corrected chi connectivity index (χ2v) is 6.53. The summed E-state index contributed by atoms with van der Waals surface area (Å²) in [5, 5.41) is 4.27. The molecule has 6 nitrogen and oxygen atoms in total. The van der Waals surface area contributed by atoms with Gasteiger partial charge >= 0.3 is 0 Å². The van der Waals surface area contributed by atoms with Crippen molar-refractivity contribution in [2.24, 2.45) is 4.99 Å². The second kappa shape index (κ2) is 7.83. The summed E-state index contributed by atoms with van der Waals surface area (Å²) in [5.41, 5.74) is 3.62. The third-order valence-corrected chi connectivity index (χ3v) is 5.00. The number of likely N-dealkylation sites (N-methyl/N-ethyl adjacent to an activating group) is 1. The third kappa shape index (κ3) is 3.42. The summed E-state index contributed by atoms with van der Waals surface area (Å²) in [6.45, 7) is 11.4. The molecule has 1 aliphatic heterocycles. The molecule has 26 heavy (non-hydrogen) atoms. The smallest absolute Gasteiger partial charge is 0.269 e.